The smallest absolute Gasteiger partial charge is 0.274 e. The van der Waals surface area contributed by atoms with E-state index < -0.39 is 0 Å². The molecular weight excluding hydrogens is 292 g/mol. The number of pyridine rings is 1. The van der Waals surface area contributed by atoms with Crippen LogP contribution in [0.3, 0.4) is 0 Å². The Bertz CT molecular complexity index is 791. The zero-order chi connectivity index (χ0) is 16.4. The van der Waals surface area contributed by atoms with Gasteiger partial charge in [0.2, 0.25) is 5.91 Å². The van der Waals surface area contributed by atoms with Crippen LogP contribution in [0.25, 0.3) is 0 Å². The van der Waals surface area contributed by atoms with Crippen molar-refractivity contribution >= 4 is 11.6 Å². The molecule has 0 bridgehead atoms. The van der Waals surface area contributed by atoms with Gasteiger partial charge in [0.05, 0.1) is 13.7 Å². The molecule has 0 unspecified atom stereocenters. The molecule has 5 heteroatoms. The molecule has 1 aromatic carbocycles. The van der Waals surface area contributed by atoms with Crippen LogP contribution in [0.15, 0.2) is 41.3 Å². The Hall–Kier alpha value is -2.56. The number of amides is 1. The van der Waals surface area contributed by atoms with Crippen LogP contribution in [-0.4, -0.2) is 17.6 Å². The molecule has 1 heterocycles. The van der Waals surface area contributed by atoms with Gasteiger partial charge in [0.15, 0.2) is 0 Å². The highest BCUT2D eigenvalue weighted by molar-refractivity contribution is 5.93. The molecule has 1 amide bonds. The molecule has 3 rings (SSSR count). The number of hydrogen-bond acceptors (Lipinski definition) is 3. The quantitative estimate of drug-likeness (QED) is 0.923. The summed E-state index contributed by atoms with van der Waals surface area (Å²) in [5.74, 6) is 0.771. The Kier molecular flexibility index (Phi) is 4.19. The van der Waals surface area contributed by atoms with Crippen LogP contribution >= 0.6 is 0 Å². The fourth-order valence-electron chi connectivity index (χ4n) is 2.54. The Morgan fingerprint density at radius 3 is 2.83 bits per heavy atom. The summed E-state index contributed by atoms with van der Waals surface area (Å²) in [6.07, 6.45) is 3.62. The monoisotopic (exact) mass is 312 g/mol. The minimum absolute atomic E-state index is 0.0550. The normalized spacial score (nSPS) is 13.7. The average molecular weight is 312 g/mol. The standard InChI is InChI=1S/C18H20N2O3/c1-12-8-16(19-17(21)14-6-7-14)18(22)20(10-12)11-13-4-3-5-15(9-13)23-2/h3-5,8-10,14H,6-7,11H2,1-2H3,(H,19,21). The molecule has 0 atom stereocenters. The topological polar surface area (TPSA) is 60.3 Å². The van der Waals surface area contributed by atoms with Crippen LogP contribution in [0.1, 0.15) is 24.0 Å². The van der Waals surface area contributed by atoms with E-state index in [2.05, 4.69) is 5.32 Å². The molecular formula is C18H20N2O3. The van der Waals surface area contributed by atoms with E-state index in [0.29, 0.717) is 12.2 Å². The first-order valence-corrected chi connectivity index (χ1v) is 7.71. The Morgan fingerprint density at radius 1 is 1.35 bits per heavy atom. The highest BCUT2D eigenvalue weighted by Crippen LogP contribution is 2.29. The van der Waals surface area contributed by atoms with Crippen molar-refractivity contribution in [2.45, 2.75) is 26.3 Å². The van der Waals surface area contributed by atoms with Crippen molar-refractivity contribution in [3.63, 3.8) is 0 Å². The molecule has 0 radical (unpaired) electrons. The van der Waals surface area contributed by atoms with Gasteiger partial charge in [-0.15, -0.1) is 0 Å². The largest absolute Gasteiger partial charge is 0.497 e. The SMILES string of the molecule is COc1cccc(Cn2cc(C)cc(NC(=O)C3CC3)c2=O)c1. The lowest BCUT2D eigenvalue weighted by molar-refractivity contribution is -0.117. The number of methoxy groups -OCH3 is 1. The van der Waals surface area contributed by atoms with Gasteiger partial charge in [-0.25, -0.2) is 0 Å². The second-order valence-electron chi connectivity index (χ2n) is 5.98. The molecule has 1 fully saturated rings. The first-order chi connectivity index (χ1) is 11.1. The van der Waals surface area contributed by atoms with Crippen molar-refractivity contribution < 1.29 is 9.53 Å². The summed E-state index contributed by atoms with van der Waals surface area (Å²) < 4.78 is 6.83. The van der Waals surface area contributed by atoms with Crippen molar-refractivity contribution in [3.05, 3.63) is 58.0 Å². The maximum atomic E-state index is 12.6. The third-order valence-electron chi connectivity index (χ3n) is 3.92. The van der Waals surface area contributed by atoms with Gasteiger partial charge < -0.3 is 14.6 Å². The maximum Gasteiger partial charge on any atom is 0.274 e. The van der Waals surface area contributed by atoms with E-state index in [9.17, 15) is 9.59 Å². The predicted octanol–water partition coefficient (Wildman–Crippen LogP) is 2.56. The predicted molar refractivity (Wildman–Crippen MR) is 88.9 cm³/mol. The van der Waals surface area contributed by atoms with Crippen LogP contribution in [-0.2, 0) is 11.3 Å². The van der Waals surface area contributed by atoms with Crippen LogP contribution < -0.4 is 15.6 Å². The summed E-state index contributed by atoms with van der Waals surface area (Å²) in [5, 5.41) is 2.76. The van der Waals surface area contributed by atoms with E-state index in [0.717, 1.165) is 29.7 Å². The molecule has 1 N–H and O–H groups in total. The summed E-state index contributed by atoms with van der Waals surface area (Å²) in [5.41, 5.74) is 2.06. The van der Waals surface area contributed by atoms with Crippen molar-refractivity contribution in [3.8, 4) is 5.75 Å². The fourth-order valence-corrected chi connectivity index (χ4v) is 2.54. The number of carbonyl (C=O) groups excluding carboxylic acids is 1. The highest BCUT2D eigenvalue weighted by Gasteiger charge is 2.30. The zero-order valence-electron chi connectivity index (χ0n) is 13.3. The van der Waals surface area contributed by atoms with E-state index in [4.69, 9.17) is 4.74 Å². The Morgan fingerprint density at radius 2 is 2.13 bits per heavy atom. The summed E-state index contributed by atoms with van der Waals surface area (Å²) in [7, 11) is 1.61. The van der Waals surface area contributed by atoms with E-state index in [1.54, 1.807) is 23.9 Å². The maximum absolute atomic E-state index is 12.6. The summed E-state index contributed by atoms with van der Waals surface area (Å²) in [6, 6.07) is 9.33. The van der Waals surface area contributed by atoms with Gasteiger partial charge in [-0.1, -0.05) is 12.1 Å². The van der Waals surface area contributed by atoms with Crippen molar-refractivity contribution in [1.82, 2.24) is 4.57 Å². The average Bonchev–Trinajstić information content (AvgIpc) is 3.37. The van der Waals surface area contributed by atoms with Gasteiger partial charge in [0.25, 0.3) is 5.56 Å². The van der Waals surface area contributed by atoms with Crippen molar-refractivity contribution in [2.75, 3.05) is 12.4 Å². The van der Waals surface area contributed by atoms with E-state index in [1.165, 1.54) is 0 Å². The van der Waals surface area contributed by atoms with Crippen LogP contribution in [0, 0.1) is 12.8 Å². The van der Waals surface area contributed by atoms with E-state index >= 15 is 0 Å². The van der Waals surface area contributed by atoms with Crippen molar-refractivity contribution in [2.24, 2.45) is 5.92 Å². The highest BCUT2D eigenvalue weighted by atomic mass is 16.5. The van der Waals surface area contributed by atoms with Crippen LogP contribution in [0.2, 0.25) is 0 Å². The summed E-state index contributed by atoms with van der Waals surface area (Å²) in [6.45, 7) is 2.35. The Balaban J connectivity index is 1.87. The number of carbonyl (C=O) groups is 1. The second-order valence-corrected chi connectivity index (χ2v) is 5.98. The van der Waals surface area contributed by atoms with Gasteiger partial charge in [0.1, 0.15) is 11.4 Å². The minimum Gasteiger partial charge on any atom is -0.497 e. The number of aryl methyl sites for hydroxylation is 1. The molecule has 2 aromatic rings. The molecule has 1 aromatic heterocycles. The molecule has 120 valence electrons. The van der Waals surface area contributed by atoms with Gasteiger partial charge in [-0.2, -0.15) is 0 Å². The molecule has 23 heavy (non-hydrogen) atoms. The molecule has 5 nitrogen and oxygen atoms in total. The third-order valence-corrected chi connectivity index (χ3v) is 3.92. The number of nitrogens with zero attached hydrogens (tertiary/aromatic N) is 1. The van der Waals surface area contributed by atoms with Gasteiger partial charge in [-0.3, -0.25) is 9.59 Å². The summed E-state index contributed by atoms with van der Waals surface area (Å²) in [4.78, 5) is 24.5. The molecule has 1 aliphatic rings. The van der Waals surface area contributed by atoms with E-state index in [-0.39, 0.29) is 17.4 Å². The molecule has 0 saturated heterocycles. The number of nitrogens with one attached hydrogen (secondary N) is 1. The lowest BCUT2D eigenvalue weighted by Gasteiger charge is -2.12. The lowest BCUT2D eigenvalue weighted by Crippen LogP contribution is -2.27. The fraction of sp³-hybridized carbons (Fsp3) is 0.333. The molecule has 0 spiro atoms. The summed E-state index contributed by atoms with van der Waals surface area (Å²) >= 11 is 0. The van der Waals surface area contributed by atoms with Crippen molar-refractivity contribution in [1.29, 1.82) is 0 Å². The van der Waals surface area contributed by atoms with Crippen LogP contribution in [0.5, 0.6) is 5.75 Å². The minimum atomic E-state index is -0.188. The molecule has 1 saturated carbocycles. The van der Waals surface area contributed by atoms with Crippen LogP contribution in [0.4, 0.5) is 5.69 Å². The number of ether oxygens (including phenoxy) is 1. The first-order valence-electron chi connectivity index (χ1n) is 7.71. The number of benzene rings is 1. The number of rotatable bonds is 5. The molecule has 0 aliphatic heterocycles. The van der Waals surface area contributed by atoms with Gasteiger partial charge in [0, 0.05) is 12.1 Å². The van der Waals surface area contributed by atoms with E-state index in [1.807, 2.05) is 31.2 Å². The third kappa shape index (κ3) is 3.62. The lowest BCUT2D eigenvalue weighted by atomic mass is 10.2. The first kappa shape index (κ1) is 15.3. The molecule has 1 aliphatic carbocycles. The number of anilines is 1. The zero-order valence-corrected chi connectivity index (χ0v) is 13.3. The second kappa shape index (κ2) is 6.28. The Labute approximate surface area is 134 Å². The van der Waals surface area contributed by atoms with Gasteiger partial charge >= 0.3 is 0 Å². The number of hydrogen-bond donors (Lipinski definition) is 1. The number of aromatic nitrogens is 1. The van der Waals surface area contributed by atoms with Gasteiger partial charge in [-0.05, 0) is 49.1 Å².